The van der Waals surface area contributed by atoms with Crippen molar-refractivity contribution in [1.29, 1.82) is 0 Å². The molecule has 3 rings (SSSR count). The number of nitrogens with zero attached hydrogens (tertiary/aromatic N) is 3. The van der Waals surface area contributed by atoms with E-state index in [4.69, 9.17) is 11.6 Å². The van der Waals surface area contributed by atoms with Crippen LogP contribution in [0.4, 0.5) is 27.5 Å². The average molecular weight is 344 g/mol. The molecule has 2 N–H and O–H groups in total. The Labute approximate surface area is 143 Å². The minimum atomic E-state index is -0.472. The van der Waals surface area contributed by atoms with Crippen molar-refractivity contribution in [2.24, 2.45) is 0 Å². The smallest absolute Gasteiger partial charge is 0.249 e. The van der Waals surface area contributed by atoms with Gasteiger partial charge in [-0.15, -0.1) is 5.10 Å². The lowest BCUT2D eigenvalue weighted by Crippen LogP contribution is -2.03. The second kappa shape index (κ2) is 6.80. The van der Waals surface area contributed by atoms with Crippen LogP contribution in [0.5, 0.6) is 0 Å². The van der Waals surface area contributed by atoms with Gasteiger partial charge in [-0.3, -0.25) is 0 Å². The number of hydrogen-bond acceptors (Lipinski definition) is 5. The Morgan fingerprint density at radius 3 is 2.71 bits per heavy atom. The van der Waals surface area contributed by atoms with Crippen molar-refractivity contribution >= 4 is 34.7 Å². The zero-order chi connectivity index (χ0) is 17.1. The van der Waals surface area contributed by atoms with E-state index in [0.717, 1.165) is 11.3 Å². The maximum absolute atomic E-state index is 13.2. The zero-order valence-electron chi connectivity index (χ0n) is 13.1. The van der Waals surface area contributed by atoms with Gasteiger partial charge in [-0.25, -0.2) is 4.39 Å². The molecular weight excluding hydrogens is 329 g/mol. The fraction of sp³-hybridized carbons (Fsp3) is 0.118. The van der Waals surface area contributed by atoms with Crippen LogP contribution in [0.3, 0.4) is 0 Å². The molecule has 0 saturated carbocycles. The predicted molar refractivity (Wildman–Crippen MR) is 93.7 cm³/mol. The van der Waals surface area contributed by atoms with E-state index in [2.05, 4.69) is 25.8 Å². The van der Waals surface area contributed by atoms with Crippen LogP contribution >= 0.6 is 11.6 Å². The summed E-state index contributed by atoms with van der Waals surface area (Å²) in [5.74, 6) is 0.364. The highest BCUT2D eigenvalue weighted by Crippen LogP contribution is 2.23. The summed E-state index contributed by atoms with van der Waals surface area (Å²) in [7, 11) is 0. The van der Waals surface area contributed by atoms with Crippen LogP contribution in [0.25, 0.3) is 0 Å². The largest absolute Gasteiger partial charge is 0.339 e. The number of benzene rings is 2. The summed E-state index contributed by atoms with van der Waals surface area (Å²) in [5, 5.41) is 14.1. The minimum absolute atomic E-state index is 0.0377. The van der Waals surface area contributed by atoms with Gasteiger partial charge in [-0.05, 0) is 49.2 Å². The molecule has 1 heterocycles. The van der Waals surface area contributed by atoms with Crippen molar-refractivity contribution in [3.05, 3.63) is 64.6 Å². The van der Waals surface area contributed by atoms with Crippen LogP contribution in [0.2, 0.25) is 5.02 Å². The van der Waals surface area contributed by atoms with E-state index in [-0.39, 0.29) is 5.02 Å². The molecule has 0 atom stereocenters. The summed E-state index contributed by atoms with van der Waals surface area (Å²) < 4.78 is 13.2. The number of rotatable bonds is 4. The van der Waals surface area contributed by atoms with Gasteiger partial charge < -0.3 is 10.6 Å². The van der Waals surface area contributed by atoms with Gasteiger partial charge in [0.15, 0.2) is 5.82 Å². The number of halogens is 2. The third-order valence-electron chi connectivity index (χ3n) is 3.60. The lowest BCUT2D eigenvalue weighted by molar-refractivity contribution is 0.628. The van der Waals surface area contributed by atoms with E-state index in [1.807, 2.05) is 32.0 Å². The maximum atomic E-state index is 13.2. The summed E-state index contributed by atoms with van der Waals surface area (Å²) in [6, 6.07) is 10.3. The SMILES string of the molecule is Cc1cccc(Nc2nncc(Nc3ccc(F)c(Cl)c3)n2)c1C. The molecule has 0 spiro atoms. The van der Waals surface area contributed by atoms with E-state index >= 15 is 0 Å². The van der Waals surface area contributed by atoms with E-state index in [1.165, 1.54) is 23.9 Å². The first kappa shape index (κ1) is 16.1. The highest BCUT2D eigenvalue weighted by atomic mass is 35.5. The van der Waals surface area contributed by atoms with E-state index < -0.39 is 5.82 Å². The normalized spacial score (nSPS) is 10.5. The van der Waals surface area contributed by atoms with Crippen LogP contribution in [0.15, 0.2) is 42.6 Å². The number of nitrogens with one attached hydrogen (secondary N) is 2. The number of aromatic nitrogens is 3. The summed E-state index contributed by atoms with van der Waals surface area (Å²) in [6.07, 6.45) is 1.48. The highest BCUT2D eigenvalue weighted by Gasteiger charge is 2.06. The topological polar surface area (TPSA) is 62.7 Å². The molecule has 0 saturated heterocycles. The Bertz CT molecular complexity index is 885. The second-order valence-corrected chi connectivity index (χ2v) is 5.70. The maximum Gasteiger partial charge on any atom is 0.249 e. The predicted octanol–water partition coefficient (Wildman–Crippen LogP) is 4.77. The van der Waals surface area contributed by atoms with E-state index in [0.29, 0.717) is 17.5 Å². The second-order valence-electron chi connectivity index (χ2n) is 5.29. The van der Waals surface area contributed by atoms with Crippen molar-refractivity contribution in [2.75, 3.05) is 10.6 Å². The Morgan fingerprint density at radius 2 is 1.92 bits per heavy atom. The molecule has 122 valence electrons. The molecule has 2 aromatic carbocycles. The van der Waals surface area contributed by atoms with Crippen molar-refractivity contribution in [3.63, 3.8) is 0 Å². The Hall–Kier alpha value is -2.73. The standard InChI is InChI=1S/C17H15ClFN5/c1-10-4-3-5-15(11(10)2)22-17-23-16(9-20-24-17)21-12-6-7-14(19)13(18)8-12/h3-9H,1-2H3,(H2,21,22,23,24). The molecule has 5 nitrogen and oxygen atoms in total. The zero-order valence-corrected chi connectivity index (χ0v) is 13.9. The van der Waals surface area contributed by atoms with Crippen LogP contribution in [-0.4, -0.2) is 15.2 Å². The molecule has 24 heavy (non-hydrogen) atoms. The molecule has 0 aliphatic heterocycles. The quantitative estimate of drug-likeness (QED) is 0.714. The van der Waals surface area contributed by atoms with Gasteiger partial charge in [0.05, 0.1) is 11.2 Å². The molecule has 0 amide bonds. The van der Waals surface area contributed by atoms with Crippen LogP contribution in [-0.2, 0) is 0 Å². The molecule has 3 aromatic rings. The van der Waals surface area contributed by atoms with Gasteiger partial charge >= 0.3 is 0 Å². The molecular formula is C17H15ClFN5. The fourth-order valence-corrected chi connectivity index (χ4v) is 2.33. The average Bonchev–Trinajstić information content (AvgIpc) is 2.56. The van der Waals surface area contributed by atoms with Gasteiger partial charge in [-0.2, -0.15) is 10.1 Å². The molecule has 0 aliphatic carbocycles. The molecule has 0 fully saturated rings. The lowest BCUT2D eigenvalue weighted by Gasteiger charge is -2.11. The van der Waals surface area contributed by atoms with Crippen molar-refractivity contribution < 1.29 is 4.39 Å². The molecule has 0 radical (unpaired) electrons. The van der Waals surface area contributed by atoms with Gasteiger partial charge in [0.2, 0.25) is 5.95 Å². The number of aryl methyl sites for hydroxylation is 1. The minimum Gasteiger partial charge on any atom is -0.339 e. The monoisotopic (exact) mass is 343 g/mol. The lowest BCUT2D eigenvalue weighted by atomic mass is 10.1. The van der Waals surface area contributed by atoms with Crippen molar-refractivity contribution in [1.82, 2.24) is 15.2 Å². The van der Waals surface area contributed by atoms with Crippen LogP contribution in [0.1, 0.15) is 11.1 Å². The number of hydrogen-bond donors (Lipinski definition) is 2. The molecule has 7 heteroatoms. The van der Waals surface area contributed by atoms with Gasteiger partial charge in [0.1, 0.15) is 5.82 Å². The van der Waals surface area contributed by atoms with E-state index in [1.54, 1.807) is 6.07 Å². The van der Waals surface area contributed by atoms with E-state index in [9.17, 15) is 4.39 Å². The third-order valence-corrected chi connectivity index (χ3v) is 3.89. The molecule has 0 unspecified atom stereocenters. The third kappa shape index (κ3) is 3.60. The number of anilines is 4. The highest BCUT2D eigenvalue weighted by molar-refractivity contribution is 6.31. The summed E-state index contributed by atoms with van der Waals surface area (Å²) in [4.78, 5) is 4.35. The summed E-state index contributed by atoms with van der Waals surface area (Å²) in [5.41, 5.74) is 3.81. The fourth-order valence-electron chi connectivity index (χ4n) is 2.15. The first-order valence-corrected chi connectivity index (χ1v) is 7.66. The molecule has 0 aliphatic rings. The molecule has 1 aromatic heterocycles. The summed E-state index contributed by atoms with van der Waals surface area (Å²) >= 11 is 5.78. The van der Waals surface area contributed by atoms with Crippen molar-refractivity contribution in [2.45, 2.75) is 13.8 Å². The Kier molecular flexibility index (Phi) is 4.57. The molecule has 0 bridgehead atoms. The van der Waals surface area contributed by atoms with Crippen molar-refractivity contribution in [3.8, 4) is 0 Å². The van der Waals surface area contributed by atoms with Gasteiger partial charge in [0.25, 0.3) is 0 Å². The Morgan fingerprint density at radius 1 is 1.08 bits per heavy atom. The Balaban J connectivity index is 1.81. The first-order valence-electron chi connectivity index (χ1n) is 7.28. The van der Waals surface area contributed by atoms with Crippen LogP contribution < -0.4 is 10.6 Å². The van der Waals surface area contributed by atoms with Gasteiger partial charge in [-0.1, -0.05) is 23.7 Å². The first-order chi connectivity index (χ1) is 11.5. The van der Waals surface area contributed by atoms with Crippen LogP contribution in [0, 0.1) is 19.7 Å². The van der Waals surface area contributed by atoms with Gasteiger partial charge in [0, 0.05) is 11.4 Å². The summed E-state index contributed by atoms with van der Waals surface area (Å²) in [6.45, 7) is 4.06.